The summed E-state index contributed by atoms with van der Waals surface area (Å²) in [6.45, 7) is 9.53. The van der Waals surface area contributed by atoms with Gasteiger partial charge in [0.2, 0.25) is 0 Å². The van der Waals surface area contributed by atoms with Crippen molar-refractivity contribution in [2.45, 2.75) is 26.5 Å². The highest BCUT2D eigenvalue weighted by Gasteiger charge is 2.21. The third-order valence-electron chi connectivity index (χ3n) is 5.00. The molecule has 1 N–H and O–H groups in total. The van der Waals surface area contributed by atoms with Gasteiger partial charge in [-0.05, 0) is 38.1 Å². The van der Waals surface area contributed by atoms with E-state index in [1.807, 2.05) is 38.1 Å². The summed E-state index contributed by atoms with van der Waals surface area (Å²) >= 11 is 0. The van der Waals surface area contributed by atoms with Gasteiger partial charge in [-0.15, -0.1) is 0 Å². The van der Waals surface area contributed by atoms with Gasteiger partial charge >= 0.3 is 0 Å². The van der Waals surface area contributed by atoms with E-state index in [-0.39, 0.29) is 6.61 Å². The Balaban J connectivity index is 1.38. The fourth-order valence-electron chi connectivity index (χ4n) is 3.30. The lowest BCUT2D eigenvalue weighted by atomic mass is 10.1. The molecule has 0 bridgehead atoms. The summed E-state index contributed by atoms with van der Waals surface area (Å²) in [6, 6.07) is 7.39. The number of nitrogens with zero attached hydrogens (tertiary/aromatic N) is 3. The zero-order valence-corrected chi connectivity index (χ0v) is 16.4. The van der Waals surface area contributed by atoms with Crippen LogP contribution in [0.15, 0.2) is 28.8 Å². The highest BCUT2D eigenvalue weighted by Crippen LogP contribution is 2.18. The molecule has 0 unspecified atom stereocenters. The molecule has 7 heteroatoms. The maximum absolute atomic E-state index is 10.3. The van der Waals surface area contributed by atoms with Gasteiger partial charge in [-0.25, -0.2) is 0 Å². The lowest BCUT2D eigenvalue weighted by molar-refractivity contribution is 0.0445. The van der Waals surface area contributed by atoms with Crippen LogP contribution in [-0.2, 0) is 6.54 Å². The minimum atomic E-state index is -0.513. The lowest BCUT2D eigenvalue weighted by Crippen LogP contribution is -2.48. The van der Waals surface area contributed by atoms with Crippen LogP contribution >= 0.6 is 0 Å². The van der Waals surface area contributed by atoms with Crippen LogP contribution in [0.25, 0.3) is 0 Å². The Kier molecular flexibility index (Phi) is 6.71. The van der Waals surface area contributed by atoms with E-state index in [1.165, 1.54) is 5.56 Å². The fraction of sp³-hybridized carbons (Fsp3) is 0.550. The topological polar surface area (TPSA) is 71.2 Å². The number of aromatic nitrogens is 1. The quantitative estimate of drug-likeness (QED) is 0.755. The van der Waals surface area contributed by atoms with Crippen LogP contribution in [-0.4, -0.2) is 72.6 Å². The summed E-state index contributed by atoms with van der Waals surface area (Å²) in [6.07, 6.45) is -0.513. The summed E-state index contributed by atoms with van der Waals surface area (Å²) < 4.78 is 16.0. The minimum Gasteiger partial charge on any atom is -0.497 e. The van der Waals surface area contributed by atoms with Crippen molar-refractivity contribution in [3.63, 3.8) is 0 Å². The molecule has 0 amide bonds. The number of piperazine rings is 1. The van der Waals surface area contributed by atoms with Gasteiger partial charge < -0.3 is 19.1 Å². The van der Waals surface area contributed by atoms with Gasteiger partial charge in [0.1, 0.15) is 30.0 Å². The molecule has 1 aliphatic rings. The molecule has 0 aliphatic carbocycles. The Morgan fingerprint density at radius 3 is 2.30 bits per heavy atom. The number of aliphatic hydroxyl groups is 1. The molecule has 3 rings (SSSR count). The summed E-state index contributed by atoms with van der Waals surface area (Å²) in [5.74, 6) is 2.43. The van der Waals surface area contributed by atoms with E-state index in [1.54, 1.807) is 7.11 Å². The Bertz CT molecular complexity index is 689. The van der Waals surface area contributed by atoms with Gasteiger partial charge in [0, 0.05) is 44.8 Å². The van der Waals surface area contributed by atoms with Gasteiger partial charge in [-0.3, -0.25) is 9.80 Å². The van der Waals surface area contributed by atoms with Crippen LogP contribution in [0.4, 0.5) is 0 Å². The monoisotopic (exact) mass is 375 g/mol. The average molecular weight is 375 g/mol. The van der Waals surface area contributed by atoms with Gasteiger partial charge in [0.25, 0.3) is 0 Å². The molecule has 7 nitrogen and oxygen atoms in total. The standard InChI is InChI=1S/C20H29N3O4/c1-15-20(16(2)27-21-15)13-23-10-8-22(9-11-23)12-17(24)14-26-19-6-4-18(25-3)5-7-19/h4-7,17,24H,8-14H2,1-3H3/t17-/m0/s1. The molecule has 27 heavy (non-hydrogen) atoms. The SMILES string of the molecule is COc1ccc(OC[C@@H](O)CN2CCN(Cc3c(C)noc3C)CC2)cc1. The molecule has 0 saturated carbocycles. The number of β-amino-alcohol motifs (C(OH)–C–C–N with tert-alkyl or cyclic N) is 1. The van der Waals surface area contributed by atoms with Crippen molar-refractivity contribution in [1.29, 1.82) is 0 Å². The third kappa shape index (κ3) is 5.45. The van der Waals surface area contributed by atoms with E-state index in [4.69, 9.17) is 14.0 Å². The van der Waals surface area contributed by atoms with Crippen molar-refractivity contribution in [3.8, 4) is 11.5 Å². The van der Waals surface area contributed by atoms with Crippen molar-refractivity contribution in [1.82, 2.24) is 15.0 Å². The molecule has 1 aromatic heterocycles. The second kappa shape index (κ2) is 9.21. The fourth-order valence-corrected chi connectivity index (χ4v) is 3.30. The number of rotatable bonds is 8. The predicted molar refractivity (Wildman–Crippen MR) is 102 cm³/mol. The van der Waals surface area contributed by atoms with E-state index in [0.29, 0.717) is 6.54 Å². The summed E-state index contributed by atoms with van der Waals surface area (Å²) in [5.41, 5.74) is 2.16. The van der Waals surface area contributed by atoms with Crippen LogP contribution in [0.3, 0.4) is 0 Å². The molecule has 0 radical (unpaired) electrons. The summed E-state index contributed by atoms with van der Waals surface area (Å²) in [4.78, 5) is 4.69. The normalized spacial score (nSPS) is 17.0. The number of hydrogen-bond acceptors (Lipinski definition) is 7. The third-order valence-corrected chi connectivity index (χ3v) is 5.00. The van der Waals surface area contributed by atoms with Crippen molar-refractivity contribution in [2.75, 3.05) is 46.4 Å². The molecular formula is C20H29N3O4. The highest BCUT2D eigenvalue weighted by atomic mass is 16.5. The molecule has 1 aliphatic heterocycles. The summed E-state index contributed by atoms with van der Waals surface area (Å²) in [5, 5.41) is 14.3. The van der Waals surface area contributed by atoms with Crippen LogP contribution < -0.4 is 9.47 Å². The lowest BCUT2D eigenvalue weighted by Gasteiger charge is -2.35. The van der Waals surface area contributed by atoms with Crippen molar-refractivity contribution in [2.24, 2.45) is 0 Å². The van der Waals surface area contributed by atoms with Crippen LogP contribution in [0.2, 0.25) is 0 Å². The van der Waals surface area contributed by atoms with E-state index in [9.17, 15) is 5.11 Å². The molecule has 0 spiro atoms. The van der Waals surface area contributed by atoms with Crippen LogP contribution in [0.5, 0.6) is 11.5 Å². The van der Waals surface area contributed by atoms with Crippen LogP contribution in [0, 0.1) is 13.8 Å². The Hall–Kier alpha value is -2.09. The average Bonchev–Trinajstić information content (AvgIpc) is 3.00. The Morgan fingerprint density at radius 2 is 1.70 bits per heavy atom. The van der Waals surface area contributed by atoms with Crippen molar-refractivity contribution in [3.05, 3.63) is 41.3 Å². The van der Waals surface area contributed by atoms with E-state index >= 15 is 0 Å². The second-order valence-electron chi connectivity index (χ2n) is 7.02. The highest BCUT2D eigenvalue weighted by molar-refractivity contribution is 5.31. The van der Waals surface area contributed by atoms with E-state index in [0.717, 1.165) is 55.7 Å². The number of aliphatic hydroxyl groups excluding tert-OH is 1. The smallest absolute Gasteiger partial charge is 0.138 e. The second-order valence-corrected chi connectivity index (χ2v) is 7.02. The molecule has 2 heterocycles. The van der Waals surface area contributed by atoms with E-state index < -0.39 is 6.10 Å². The van der Waals surface area contributed by atoms with Gasteiger partial charge in [0.05, 0.1) is 12.8 Å². The van der Waals surface area contributed by atoms with Gasteiger partial charge in [0.15, 0.2) is 0 Å². The molecule has 1 saturated heterocycles. The molecular weight excluding hydrogens is 346 g/mol. The zero-order valence-electron chi connectivity index (χ0n) is 16.4. The first-order valence-corrected chi connectivity index (χ1v) is 9.36. The molecule has 1 atom stereocenters. The largest absolute Gasteiger partial charge is 0.497 e. The van der Waals surface area contributed by atoms with Gasteiger partial charge in [-0.2, -0.15) is 0 Å². The van der Waals surface area contributed by atoms with Crippen molar-refractivity contribution < 1.29 is 19.1 Å². The maximum Gasteiger partial charge on any atom is 0.138 e. The van der Waals surface area contributed by atoms with Crippen molar-refractivity contribution >= 4 is 0 Å². The molecule has 1 fully saturated rings. The van der Waals surface area contributed by atoms with Gasteiger partial charge in [-0.1, -0.05) is 5.16 Å². The first kappa shape index (κ1) is 19.7. The molecule has 1 aromatic carbocycles. The zero-order chi connectivity index (χ0) is 19.2. The number of ether oxygens (including phenoxy) is 2. The minimum absolute atomic E-state index is 0.283. The number of aryl methyl sites for hydroxylation is 2. The van der Waals surface area contributed by atoms with E-state index in [2.05, 4.69) is 15.0 Å². The Labute approximate surface area is 160 Å². The Morgan fingerprint density at radius 1 is 1.07 bits per heavy atom. The first-order chi connectivity index (χ1) is 13.0. The van der Waals surface area contributed by atoms with Crippen LogP contribution in [0.1, 0.15) is 17.0 Å². The first-order valence-electron chi connectivity index (χ1n) is 9.36. The number of benzene rings is 1. The molecule has 2 aromatic rings. The number of hydrogen-bond donors (Lipinski definition) is 1. The predicted octanol–water partition coefficient (Wildman–Crippen LogP) is 1.86. The summed E-state index contributed by atoms with van der Waals surface area (Å²) in [7, 11) is 1.63. The maximum atomic E-state index is 10.3. The number of methoxy groups -OCH3 is 1. The molecule has 148 valence electrons.